The van der Waals surface area contributed by atoms with Gasteiger partial charge in [0.1, 0.15) is 5.82 Å². The fourth-order valence-electron chi connectivity index (χ4n) is 1.66. The van der Waals surface area contributed by atoms with E-state index in [1.54, 1.807) is 24.3 Å². The minimum atomic E-state index is -0.647. The molecular weight excluding hydrogens is 261 g/mol. The number of nitrogens with two attached hydrogens (primary N) is 1. The number of nitrogens with one attached hydrogen (secondary N) is 2. The molecule has 5 nitrogen and oxygen atoms in total. The number of carbonyl (C=O) groups is 2. The van der Waals surface area contributed by atoms with Crippen molar-refractivity contribution in [1.29, 1.82) is 0 Å². The van der Waals surface area contributed by atoms with Crippen molar-refractivity contribution in [1.82, 2.24) is 0 Å². The number of hydrogen-bond donors (Lipinski definition) is 3. The number of hydrogen-bond acceptors (Lipinski definition) is 2. The number of amides is 3. The minimum absolute atomic E-state index is 0.196. The highest BCUT2D eigenvalue weighted by Gasteiger charge is 2.10. The summed E-state index contributed by atoms with van der Waals surface area (Å²) in [5, 5.41) is 4.94. The molecule has 20 heavy (non-hydrogen) atoms. The number of halogens is 1. The van der Waals surface area contributed by atoms with Crippen LogP contribution in [0.3, 0.4) is 0 Å². The van der Waals surface area contributed by atoms with Crippen molar-refractivity contribution in [2.75, 3.05) is 10.6 Å². The van der Waals surface area contributed by atoms with Gasteiger partial charge in [0.15, 0.2) is 0 Å². The average molecular weight is 273 g/mol. The standard InChI is InChI=1S/C14H12FN3O2/c15-9-4-3-5-10(8-9)17-14(20)18-12-7-2-1-6-11(12)13(16)19/h1-8H,(H2,16,19)(H2,17,18,20). The molecule has 0 aliphatic heterocycles. The lowest BCUT2D eigenvalue weighted by Crippen LogP contribution is -2.22. The van der Waals surface area contributed by atoms with Crippen molar-refractivity contribution < 1.29 is 14.0 Å². The van der Waals surface area contributed by atoms with Crippen molar-refractivity contribution in [2.24, 2.45) is 5.73 Å². The maximum absolute atomic E-state index is 13.0. The van der Waals surface area contributed by atoms with Crippen molar-refractivity contribution in [2.45, 2.75) is 0 Å². The zero-order valence-electron chi connectivity index (χ0n) is 10.4. The van der Waals surface area contributed by atoms with Crippen molar-refractivity contribution in [3.63, 3.8) is 0 Å². The van der Waals surface area contributed by atoms with E-state index < -0.39 is 17.8 Å². The highest BCUT2D eigenvalue weighted by atomic mass is 19.1. The lowest BCUT2D eigenvalue weighted by Gasteiger charge is -2.10. The van der Waals surface area contributed by atoms with Gasteiger partial charge in [-0.2, -0.15) is 0 Å². The van der Waals surface area contributed by atoms with E-state index in [-0.39, 0.29) is 11.3 Å². The van der Waals surface area contributed by atoms with Gasteiger partial charge >= 0.3 is 6.03 Å². The number of para-hydroxylation sites is 1. The van der Waals surface area contributed by atoms with Gasteiger partial charge in [-0.15, -0.1) is 0 Å². The van der Waals surface area contributed by atoms with Crippen molar-refractivity contribution in [3.05, 3.63) is 59.9 Å². The van der Waals surface area contributed by atoms with E-state index in [0.29, 0.717) is 5.69 Å². The molecule has 0 heterocycles. The fraction of sp³-hybridized carbons (Fsp3) is 0. The van der Waals surface area contributed by atoms with Crippen molar-refractivity contribution in [3.8, 4) is 0 Å². The number of benzene rings is 2. The maximum Gasteiger partial charge on any atom is 0.323 e. The van der Waals surface area contributed by atoms with Crippen LogP contribution in [-0.4, -0.2) is 11.9 Å². The molecule has 0 spiro atoms. The summed E-state index contributed by atoms with van der Waals surface area (Å²) in [7, 11) is 0. The summed E-state index contributed by atoms with van der Waals surface area (Å²) in [5.41, 5.74) is 5.99. The largest absolute Gasteiger partial charge is 0.366 e. The molecule has 0 fully saturated rings. The van der Waals surface area contributed by atoms with Crippen molar-refractivity contribution >= 4 is 23.3 Å². The van der Waals surface area contributed by atoms with Crippen LogP contribution in [0.15, 0.2) is 48.5 Å². The minimum Gasteiger partial charge on any atom is -0.366 e. The van der Waals surface area contributed by atoms with Crippen LogP contribution in [0.2, 0.25) is 0 Å². The van der Waals surface area contributed by atoms with Crippen LogP contribution in [0.4, 0.5) is 20.6 Å². The smallest absolute Gasteiger partial charge is 0.323 e. The summed E-state index contributed by atoms with van der Waals surface area (Å²) in [6.07, 6.45) is 0. The highest BCUT2D eigenvalue weighted by molar-refractivity contribution is 6.06. The van der Waals surface area contributed by atoms with Gasteiger partial charge in [-0.25, -0.2) is 9.18 Å². The number of rotatable bonds is 3. The summed E-state index contributed by atoms with van der Waals surface area (Å²) in [5.74, 6) is -1.10. The van der Waals surface area contributed by atoms with E-state index in [9.17, 15) is 14.0 Å². The molecule has 2 aromatic rings. The zero-order valence-corrected chi connectivity index (χ0v) is 10.4. The predicted octanol–water partition coefficient (Wildman–Crippen LogP) is 2.57. The maximum atomic E-state index is 13.0. The molecule has 3 amide bonds. The van der Waals surface area contributed by atoms with Crippen LogP contribution < -0.4 is 16.4 Å². The average Bonchev–Trinajstić information content (AvgIpc) is 2.38. The summed E-state index contributed by atoms with van der Waals surface area (Å²) >= 11 is 0. The van der Waals surface area contributed by atoms with Crippen LogP contribution in [0, 0.1) is 5.82 Å². The summed E-state index contributed by atoms with van der Waals surface area (Å²) in [6, 6.07) is 11.2. The molecule has 2 aromatic carbocycles. The second kappa shape index (κ2) is 5.83. The van der Waals surface area contributed by atoms with E-state index in [4.69, 9.17) is 5.73 Å². The highest BCUT2D eigenvalue weighted by Crippen LogP contribution is 2.15. The number of anilines is 2. The predicted molar refractivity (Wildman–Crippen MR) is 74.0 cm³/mol. The van der Waals surface area contributed by atoms with E-state index in [1.807, 2.05) is 0 Å². The zero-order chi connectivity index (χ0) is 14.5. The summed E-state index contributed by atoms with van der Waals surface area (Å²) in [4.78, 5) is 23.0. The first-order valence-electron chi connectivity index (χ1n) is 5.78. The van der Waals surface area contributed by atoms with Gasteiger partial charge in [0, 0.05) is 5.69 Å². The third kappa shape index (κ3) is 3.32. The summed E-state index contributed by atoms with van der Waals surface area (Å²) < 4.78 is 13.0. The lowest BCUT2D eigenvalue weighted by molar-refractivity contribution is 0.100. The molecule has 0 radical (unpaired) electrons. The van der Waals surface area contributed by atoms with Gasteiger partial charge in [-0.05, 0) is 30.3 Å². The Morgan fingerprint density at radius 3 is 2.45 bits per heavy atom. The Labute approximate surface area is 114 Å². The molecule has 0 unspecified atom stereocenters. The quantitative estimate of drug-likeness (QED) is 0.803. The Kier molecular flexibility index (Phi) is 3.95. The molecule has 0 aliphatic carbocycles. The van der Waals surface area contributed by atoms with E-state index in [1.165, 1.54) is 24.3 Å². The Balaban J connectivity index is 2.11. The van der Waals surface area contributed by atoms with E-state index >= 15 is 0 Å². The molecule has 0 aromatic heterocycles. The van der Waals surface area contributed by atoms with Crippen LogP contribution in [-0.2, 0) is 0 Å². The third-order valence-electron chi connectivity index (χ3n) is 2.52. The monoisotopic (exact) mass is 273 g/mol. The SMILES string of the molecule is NC(=O)c1ccccc1NC(=O)Nc1cccc(F)c1. The van der Waals surface area contributed by atoms with Gasteiger partial charge in [-0.3, -0.25) is 4.79 Å². The summed E-state index contributed by atoms with van der Waals surface area (Å²) in [6.45, 7) is 0. The van der Waals surface area contributed by atoms with Crippen LogP contribution in [0.5, 0.6) is 0 Å². The molecule has 6 heteroatoms. The second-order valence-electron chi connectivity index (χ2n) is 4.00. The Morgan fingerprint density at radius 1 is 1.00 bits per heavy atom. The molecule has 0 saturated heterocycles. The van der Waals surface area contributed by atoms with E-state index in [2.05, 4.69) is 10.6 Å². The number of urea groups is 1. The molecule has 4 N–H and O–H groups in total. The molecule has 0 aliphatic rings. The topological polar surface area (TPSA) is 84.2 Å². The number of carbonyl (C=O) groups excluding carboxylic acids is 2. The second-order valence-corrected chi connectivity index (χ2v) is 4.00. The Hall–Kier alpha value is -2.89. The Bertz CT molecular complexity index is 658. The number of primary amides is 1. The first-order valence-corrected chi connectivity index (χ1v) is 5.78. The van der Waals surface area contributed by atoms with Gasteiger partial charge in [0.05, 0.1) is 11.3 Å². The fourth-order valence-corrected chi connectivity index (χ4v) is 1.66. The normalized spacial score (nSPS) is 9.85. The molecule has 0 atom stereocenters. The first kappa shape index (κ1) is 13.5. The van der Waals surface area contributed by atoms with Gasteiger partial charge in [0.2, 0.25) is 0 Å². The van der Waals surface area contributed by atoms with Crippen LogP contribution >= 0.6 is 0 Å². The van der Waals surface area contributed by atoms with Gasteiger partial charge < -0.3 is 16.4 Å². The molecule has 102 valence electrons. The van der Waals surface area contributed by atoms with Crippen LogP contribution in [0.1, 0.15) is 10.4 Å². The van der Waals surface area contributed by atoms with E-state index in [0.717, 1.165) is 0 Å². The van der Waals surface area contributed by atoms with Gasteiger partial charge in [0.25, 0.3) is 5.91 Å². The molecular formula is C14H12FN3O2. The van der Waals surface area contributed by atoms with Crippen LogP contribution in [0.25, 0.3) is 0 Å². The molecule has 2 rings (SSSR count). The van der Waals surface area contributed by atoms with Gasteiger partial charge in [-0.1, -0.05) is 18.2 Å². The lowest BCUT2D eigenvalue weighted by atomic mass is 10.1. The third-order valence-corrected chi connectivity index (χ3v) is 2.52. The first-order chi connectivity index (χ1) is 9.56. The Morgan fingerprint density at radius 2 is 1.75 bits per heavy atom. The molecule has 0 bridgehead atoms. The molecule has 0 saturated carbocycles.